The summed E-state index contributed by atoms with van der Waals surface area (Å²) in [6, 6.07) is 23.2. The van der Waals surface area contributed by atoms with Crippen LogP contribution in [0.4, 0.5) is 10.5 Å². The fourth-order valence-electron chi connectivity index (χ4n) is 5.30. The van der Waals surface area contributed by atoms with Crippen LogP contribution in [-0.4, -0.2) is 44.4 Å². The molecule has 11 nitrogen and oxygen atoms in total. The van der Waals surface area contributed by atoms with Crippen molar-refractivity contribution in [2.75, 3.05) is 5.32 Å². The van der Waals surface area contributed by atoms with Gasteiger partial charge in [-0.2, -0.15) is 4.98 Å². The van der Waals surface area contributed by atoms with E-state index in [2.05, 4.69) is 20.8 Å². The normalized spacial score (nSPS) is 15.7. The zero-order valence-corrected chi connectivity index (χ0v) is 25.7. The average molecular weight is 621 g/mol. The van der Waals surface area contributed by atoms with Crippen molar-refractivity contribution in [2.24, 2.45) is 0 Å². The van der Waals surface area contributed by atoms with Gasteiger partial charge in [-0.15, -0.1) is 0 Å². The lowest BCUT2D eigenvalue weighted by atomic mass is 9.95. The van der Waals surface area contributed by atoms with Crippen LogP contribution >= 0.6 is 0 Å². The Kier molecular flexibility index (Phi) is 7.69. The lowest BCUT2D eigenvalue weighted by Crippen LogP contribution is -2.55. The zero-order chi connectivity index (χ0) is 32.6. The van der Waals surface area contributed by atoms with Gasteiger partial charge in [0.25, 0.3) is 11.8 Å². The Morgan fingerprint density at radius 1 is 0.870 bits per heavy atom. The van der Waals surface area contributed by atoms with Crippen LogP contribution in [0, 0.1) is 6.92 Å². The van der Waals surface area contributed by atoms with E-state index in [-0.39, 0.29) is 24.5 Å². The van der Waals surface area contributed by atoms with Crippen LogP contribution in [0.5, 0.6) is 0 Å². The second-order valence-corrected chi connectivity index (χ2v) is 12.3. The van der Waals surface area contributed by atoms with Gasteiger partial charge in [-0.1, -0.05) is 47.1 Å². The number of rotatable bonds is 7. The van der Waals surface area contributed by atoms with Crippen molar-refractivity contribution in [3.05, 3.63) is 101 Å². The van der Waals surface area contributed by atoms with Gasteiger partial charge in [-0.05, 0) is 81.3 Å². The molecule has 0 spiro atoms. The van der Waals surface area contributed by atoms with Crippen molar-refractivity contribution in [2.45, 2.75) is 51.7 Å². The maximum Gasteiger partial charge on any atom is 0.412 e. The molecule has 46 heavy (non-hydrogen) atoms. The van der Waals surface area contributed by atoms with Crippen molar-refractivity contribution < 1.29 is 33.2 Å². The number of fused-ring (bicyclic) bond motifs is 1. The highest BCUT2D eigenvalue weighted by molar-refractivity contribution is 5.97. The summed E-state index contributed by atoms with van der Waals surface area (Å²) in [5, 5.41) is 19.8. The Hall–Kier alpha value is -5.71. The molecule has 2 heterocycles. The topological polar surface area (TPSA) is 157 Å². The zero-order valence-electron chi connectivity index (χ0n) is 25.7. The molecule has 2 amide bonds. The standard InChI is InChI=1S/C35H32N4O7/c1-20-5-7-21(8-6-20)27-15-16-28(44-27)30(40)38-35(32(41)42)18-24-10-9-23(17-25(24)19-35)29-37-31(46-39-29)22-11-13-26(14-12-22)36-33(43)45-34(2,3)4/h5-17H,18-19H2,1-4H3,(H,36,43)(H,38,40)(H,41,42). The highest BCUT2D eigenvalue weighted by atomic mass is 16.6. The Labute approximate surface area is 264 Å². The monoisotopic (exact) mass is 620 g/mol. The van der Waals surface area contributed by atoms with E-state index < -0.39 is 29.1 Å². The summed E-state index contributed by atoms with van der Waals surface area (Å²) in [5.74, 6) is -0.610. The quantitative estimate of drug-likeness (QED) is 0.181. The highest BCUT2D eigenvalue weighted by Gasteiger charge is 2.46. The Morgan fingerprint density at radius 3 is 2.24 bits per heavy atom. The van der Waals surface area contributed by atoms with E-state index in [9.17, 15) is 19.5 Å². The van der Waals surface area contributed by atoms with E-state index in [1.165, 1.54) is 0 Å². The third-order valence-corrected chi connectivity index (χ3v) is 7.58. The number of aromatic nitrogens is 2. The smallest absolute Gasteiger partial charge is 0.412 e. The summed E-state index contributed by atoms with van der Waals surface area (Å²) in [5.41, 5.74) is 3.13. The first-order valence-electron chi connectivity index (χ1n) is 14.7. The minimum atomic E-state index is -1.55. The highest BCUT2D eigenvalue weighted by Crippen LogP contribution is 2.34. The predicted octanol–water partition coefficient (Wildman–Crippen LogP) is 6.67. The van der Waals surface area contributed by atoms with Crippen LogP contribution < -0.4 is 10.6 Å². The molecular weight excluding hydrogens is 588 g/mol. The van der Waals surface area contributed by atoms with E-state index >= 15 is 0 Å². The van der Waals surface area contributed by atoms with E-state index in [0.717, 1.165) is 22.3 Å². The summed E-state index contributed by atoms with van der Waals surface area (Å²) in [7, 11) is 0. The molecule has 3 aromatic carbocycles. The molecule has 1 atom stereocenters. The first-order valence-corrected chi connectivity index (χ1v) is 14.7. The maximum atomic E-state index is 13.2. The number of anilines is 1. The first-order chi connectivity index (χ1) is 21.9. The third kappa shape index (κ3) is 6.39. The van der Waals surface area contributed by atoms with Gasteiger partial charge < -0.3 is 24.1 Å². The molecule has 234 valence electrons. The molecule has 1 aliphatic carbocycles. The molecule has 0 radical (unpaired) electrons. The van der Waals surface area contributed by atoms with Crippen LogP contribution in [0.1, 0.15) is 48.0 Å². The van der Waals surface area contributed by atoms with Gasteiger partial charge in [0.05, 0.1) is 0 Å². The van der Waals surface area contributed by atoms with Crippen molar-refractivity contribution in [3.63, 3.8) is 0 Å². The number of nitrogens with zero attached hydrogens (tertiary/aromatic N) is 2. The van der Waals surface area contributed by atoms with Gasteiger partial charge in [0.2, 0.25) is 5.82 Å². The number of nitrogens with one attached hydrogen (secondary N) is 2. The molecule has 0 fully saturated rings. The molecule has 0 saturated heterocycles. The number of hydrogen-bond donors (Lipinski definition) is 3. The summed E-state index contributed by atoms with van der Waals surface area (Å²) in [6.45, 7) is 7.34. The molecule has 0 bridgehead atoms. The number of ether oxygens (including phenoxy) is 1. The molecule has 1 unspecified atom stereocenters. The number of amides is 2. The Morgan fingerprint density at radius 2 is 1.54 bits per heavy atom. The van der Waals surface area contributed by atoms with Gasteiger partial charge in [0.1, 0.15) is 16.9 Å². The van der Waals surface area contributed by atoms with Crippen LogP contribution in [0.25, 0.3) is 34.2 Å². The first kappa shape index (κ1) is 30.3. The fourth-order valence-corrected chi connectivity index (χ4v) is 5.30. The van der Waals surface area contributed by atoms with Crippen molar-refractivity contribution in [1.82, 2.24) is 15.5 Å². The third-order valence-electron chi connectivity index (χ3n) is 7.58. The van der Waals surface area contributed by atoms with Crippen molar-refractivity contribution in [1.29, 1.82) is 0 Å². The number of hydrogen-bond acceptors (Lipinski definition) is 8. The molecule has 3 N–H and O–H groups in total. The molecular formula is C35H32N4O7. The average Bonchev–Trinajstić information content (AvgIpc) is 3.76. The summed E-state index contributed by atoms with van der Waals surface area (Å²) in [4.78, 5) is 42.3. The SMILES string of the molecule is Cc1ccc(-c2ccc(C(=O)NC3(C(=O)O)Cc4ccc(-c5noc(-c6ccc(NC(=O)OC(C)(C)C)cc6)n5)cc4C3)o2)cc1. The lowest BCUT2D eigenvalue weighted by molar-refractivity contribution is -0.144. The number of aryl methyl sites for hydroxylation is 1. The summed E-state index contributed by atoms with van der Waals surface area (Å²) in [6.07, 6.45) is -0.382. The predicted molar refractivity (Wildman–Crippen MR) is 169 cm³/mol. The number of carboxylic acid groups (broad SMARTS) is 1. The number of carbonyl (C=O) groups is 3. The van der Waals surface area contributed by atoms with Crippen LogP contribution in [-0.2, 0) is 22.4 Å². The summed E-state index contributed by atoms with van der Waals surface area (Å²) >= 11 is 0. The van der Waals surface area contributed by atoms with Gasteiger partial charge in [0, 0.05) is 35.2 Å². The van der Waals surface area contributed by atoms with E-state index in [4.69, 9.17) is 13.7 Å². The fraction of sp³-hybridized carbons (Fsp3) is 0.229. The Balaban J connectivity index is 1.15. The van der Waals surface area contributed by atoms with Gasteiger partial charge >= 0.3 is 12.1 Å². The van der Waals surface area contributed by atoms with E-state index in [0.29, 0.717) is 28.4 Å². The molecule has 1 aliphatic rings. The minimum absolute atomic E-state index is 0.0285. The Bertz CT molecular complexity index is 1930. The molecule has 11 heteroatoms. The lowest BCUT2D eigenvalue weighted by Gasteiger charge is -2.24. The number of carboxylic acids is 1. The van der Waals surface area contributed by atoms with Gasteiger partial charge in [0.15, 0.2) is 5.76 Å². The number of aliphatic carboxylic acids is 1. The molecule has 0 saturated carbocycles. The minimum Gasteiger partial charge on any atom is -0.479 e. The molecule has 2 aromatic heterocycles. The molecule has 5 aromatic rings. The summed E-state index contributed by atoms with van der Waals surface area (Å²) < 4.78 is 16.6. The number of carbonyl (C=O) groups excluding carboxylic acids is 2. The van der Waals surface area contributed by atoms with Crippen LogP contribution in [0.2, 0.25) is 0 Å². The van der Waals surface area contributed by atoms with Crippen molar-refractivity contribution >= 4 is 23.7 Å². The van der Waals surface area contributed by atoms with Crippen LogP contribution in [0.3, 0.4) is 0 Å². The van der Waals surface area contributed by atoms with E-state index in [1.807, 2.05) is 43.3 Å². The second-order valence-electron chi connectivity index (χ2n) is 12.3. The van der Waals surface area contributed by atoms with Crippen LogP contribution in [0.15, 0.2) is 87.8 Å². The number of furan rings is 1. The van der Waals surface area contributed by atoms with E-state index in [1.54, 1.807) is 63.2 Å². The second kappa shape index (κ2) is 11.7. The van der Waals surface area contributed by atoms with Crippen molar-refractivity contribution in [3.8, 4) is 34.2 Å². The van der Waals surface area contributed by atoms with Gasteiger partial charge in [-0.3, -0.25) is 10.1 Å². The molecule has 6 rings (SSSR count). The molecule has 0 aliphatic heterocycles. The number of benzene rings is 3. The van der Waals surface area contributed by atoms with Gasteiger partial charge in [-0.25, -0.2) is 9.59 Å². The maximum absolute atomic E-state index is 13.2. The largest absolute Gasteiger partial charge is 0.479 e.